The van der Waals surface area contributed by atoms with Crippen LogP contribution in [0.4, 0.5) is 5.95 Å². The fraction of sp³-hybridized carbons (Fsp3) is 0.167. The second kappa shape index (κ2) is 5.03. The summed E-state index contributed by atoms with van der Waals surface area (Å²) in [6, 6.07) is 9.34. The molecule has 84 valence electrons. The first-order valence-corrected chi connectivity index (χ1v) is 5.17. The number of pyridine rings is 1. The van der Waals surface area contributed by atoms with E-state index in [0.29, 0.717) is 18.2 Å². The van der Waals surface area contributed by atoms with Crippen molar-refractivity contribution in [3.63, 3.8) is 0 Å². The number of rotatable bonds is 3. The van der Waals surface area contributed by atoms with E-state index in [-0.39, 0.29) is 0 Å². The summed E-state index contributed by atoms with van der Waals surface area (Å²) in [6.45, 7) is 2.36. The van der Waals surface area contributed by atoms with Gasteiger partial charge in [-0.15, -0.1) is 0 Å². The molecule has 0 aliphatic carbocycles. The SMILES string of the molecule is Cc1cc(C#N)nc(NCc2ccccn2)n1. The van der Waals surface area contributed by atoms with Crippen LogP contribution >= 0.6 is 0 Å². The van der Waals surface area contributed by atoms with Crippen LogP contribution in [-0.2, 0) is 6.54 Å². The zero-order valence-corrected chi connectivity index (χ0v) is 9.38. The van der Waals surface area contributed by atoms with Gasteiger partial charge in [-0.3, -0.25) is 4.98 Å². The van der Waals surface area contributed by atoms with Gasteiger partial charge in [0.2, 0.25) is 5.95 Å². The van der Waals surface area contributed by atoms with Crippen molar-refractivity contribution in [2.45, 2.75) is 13.5 Å². The molecule has 2 rings (SSSR count). The van der Waals surface area contributed by atoms with Crippen molar-refractivity contribution in [1.82, 2.24) is 15.0 Å². The van der Waals surface area contributed by atoms with Crippen LogP contribution < -0.4 is 5.32 Å². The number of nitriles is 1. The van der Waals surface area contributed by atoms with Crippen LogP contribution in [0.2, 0.25) is 0 Å². The van der Waals surface area contributed by atoms with Crippen LogP contribution in [0.3, 0.4) is 0 Å². The lowest BCUT2D eigenvalue weighted by atomic mass is 10.3. The number of hydrogen-bond donors (Lipinski definition) is 1. The Kier molecular flexibility index (Phi) is 3.26. The monoisotopic (exact) mass is 225 g/mol. The van der Waals surface area contributed by atoms with Crippen molar-refractivity contribution in [3.8, 4) is 6.07 Å². The first-order chi connectivity index (χ1) is 8.28. The van der Waals surface area contributed by atoms with E-state index in [1.807, 2.05) is 31.2 Å². The minimum absolute atomic E-state index is 0.362. The van der Waals surface area contributed by atoms with E-state index in [0.717, 1.165) is 11.4 Å². The molecular formula is C12H11N5. The molecule has 0 aliphatic rings. The van der Waals surface area contributed by atoms with Crippen LogP contribution in [-0.4, -0.2) is 15.0 Å². The first-order valence-electron chi connectivity index (χ1n) is 5.17. The average molecular weight is 225 g/mol. The Balaban J connectivity index is 2.10. The lowest BCUT2D eigenvalue weighted by Gasteiger charge is -2.04. The fourth-order valence-corrected chi connectivity index (χ4v) is 1.38. The zero-order valence-electron chi connectivity index (χ0n) is 9.38. The van der Waals surface area contributed by atoms with Gasteiger partial charge in [-0.25, -0.2) is 9.97 Å². The summed E-state index contributed by atoms with van der Waals surface area (Å²) in [5, 5.41) is 11.8. The molecule has 5 nitrogen and oxygen atoms in total. The van der Waals surface area contributed by atoms with Gasteiger partial charge in [0.15, 0.2) is 0 Å². The molecule has 17 heavy (non-hydrogen) atoms. The van der Waals surface area contributed by atoms with Gasteiger partial charge in [0.1, 0.15) is 11.8 Å². The number of aromatic nitrogens is 3. The molecule has 0 saturated heterocycles. The Morgan fingerprint density at radius 1 is 1.35 bits per heavy atom. The van der Waals surface area contributed by atoms with Gasteiger partial charge in [-0.05, 0) is 25.1 Å². The van der Waals surface area contributed by atoms with Crippen LogP contribution in [0.15, 0.2) is 30.5 Å². The fourth-order valence-electron chi connectivity index (χ4n) is 1.38. The minimum Gasteiger partial charge on any atom is -0.349 e. The van der Waals surface area contributed by atoms with Gasteiger partial charge in [0, 0.05) is 11.9 Å². The molecule has 0 fully saturated rings. The molecule has 0 aromatic carbocycles. The number of anilines is 1. The maximum Gasteiger partial charge on any atom is 0.224 e. The quantitative estimate of drug-likeness (QED) is 0.859. The van der Waals surface area contributed by atoms with Crippen LogP contribution in [0, 0.1) is 18.3 Å². The molecule has 2 heterocycles. The van der Waals surface area contributed by atoms with Crippen LogP contribution in [0.5, 0.6) is 0 Å². The molecule has 1 N–H and O–H groups in total. The Labute approximate surface area is 99.2 Å². The molecule has 0 spiro atoms. The molecule has 0 atom stereocenters. The summed E-state index contributed by atoms with van der Waals surface area (Å²) in [5.41, 5.74) is 2.03. The summed E-state index contributed by atoms with van der Waals surface area (Å²) in [5.74, 6) is 0.451. The third-order valence-electron chi connectivity index (χ3n) is 2.12. The van der Waals surface area contributed by atoms with Gasteiger partial charge < -0.3 is 5.32 Å². The predicted molar refractivity (Wildman–Crippen MR) is 63.0 cm³/mol. The molecular weight excluding hydrogens is 214 g/mol. The Morgan fingerprint density at radius 3 is 2.94 bits per heavy atom. The van der Waals surface area contributed by atoms with Crippen molar-refractivity contribution in [1.29, 1.82) is 5.26 Å². The molecule has 0 unspecified atom stereocenters. The van der Waals surface area contributed by atoms with E-state index in [4.69, 9.17) is 5.26 Å². The third-order valence-corrected chi connectivity index (χ3v) is 2.12. The average Bonchev–Trinajstić information content (AvgIpc) is 2.37. The third kappa shape index (κ3) is 2.98. The molecule has 2 aromatic heterocycles. The number of aryl methyl sites for hydroxylation is 1. The van der Waals surface area contributed by atoms with Crippen LogP contribution in [0.1, 0.15) is 17.1 Å². The second-order valence-electron chi connectivity index (χ2n) is 3.50. The summed E-state index contributed by atoms with van der Waals surface area (Å²) in [6.07, 6.45) is 1.73. The predicted octanol–water partition coefficient (Wildman–Crippen LogP) is 1.66. The standard InChI is InChI=1S/C12H11N5/c1-9-6-11(7-13)17-12(16-9)15-8-10-4-2-3-5-14-10/h2-6H,8H2,1H3,(H,15,16,17). The molecule has 5 heteroatoms. The van der Waals surface area contributed by atoms with Crippen molar-refractivity contribution < 1.29 is 0 Å². The number of nitrogens with zero attached hydrogens (tertiary/aromatic N) is 4. The van der Waals surface area contributed by atoms with E-state index in [2.05, 4.69) is 20.3 Å². The van der Waals surface area contributed by atoms with Crippen molar-refractivity contribution in [3.05, 3.63) is 47.5 Å². The maximum absolute atomic E-state index is 8.79. The van der Waals surface area contributed by atoms with Gasteiger partial charge in [-0.1, -0.05) is 6.07 Å². The maximum atomic E-state index is 8.79. The lowest BCUT2D eigenvalue weighted by Crippen LogP contribution is -2.06. The second-order valence-corrected chi connectivity index (χ2v) is 3.50. The molecule has 0 amide bonds. The summed E-state index contributed by atoms with van der Waals surface area (Å²) >= 11 is 0. The molecule has 0 aliphatic heterocycles. The molecule has 0 radical (unpaired) electrons. The lowest BCUT2D eigenvalue weighted by molar-refractivity contribution is 0.984. The highest BCUT2D eigenvalue weighted by Crippen LogP contribution is 2.05. The smallest absolute Gasteiger partial charge is 0.224 e. The Bertz CT molecular complexity index is 545. The minimum atomic E-state index is 0.362. The van der Waals surface area contributed by atoms with Gasteiger partial charge in [0.05, 0.1) is 12.2 Å². The van der Waals surface area contributed by atoms with Crippen LogP contribution in [0.25, 0.3) is 0 Å². The first kappa shape index (κ1) is 11.0. The topological polar surface area (TPSA) is 74.5 Å². The van der Waals surface area contributed by atoms with E-state index in [1.54, 1.807) is 12.3 Å². The van der Waals surface area contributed by atoms with E-state index in [1.165, 1.54) is 0 Å². The van der Waals surface area contributed by atoms with Gasteiger partial charge >= 0.3 is 0 Å². The largest absolute Gasteiger partial charge is 0.349 e. The molecule has 0 saturated carbocycles. The zero-order chi connectivity index (χ0) is 12.1. The van der Waals surface area contributed by atoms with Gasteiger partial charge in [0.25, 0.3) is 0 Å². The van der Waals surface area contributed by atoms with Gasteiger partial charge in [-0.2, -0.15) is 5.26 Å². The summed E-state index contributed by atoms with van der Waals surface area (Å²) < 4.78 is 0. The molecule has 0 bridgehead atoms. The normalized spacial score (nSPS) is 9.65. The summed E-state index contributed by atoms with van der Waals surface area (Å²) in [7, 11) is 0. The van der Waals surface area contributed by atoms with Crippen molar-refractivity contribution in [2.75, 3.05) is 5.32 Å². The van der Waals surface area contributed by atoms with Crippen molar-refractivity contribution >= 4 is 5.95 Å². The highest BCUT2D eigenvalue weighted by Gasteiger charge is 2.01. The number of hydrogen-bond acceptors (Lipinski definition) is 5. The number of nitrogens with one attached hydrogen (secondary N) is 1. The van der Waals surface area contributed by atoms with E-state index < -0.39 is 0 Å². The molecule has 2 aromatic rings. The summed E-state index contributed by atoms with van der Waals surface area (Å²) in [4.78, 5) is 12.4. The van der Waals surface area contributed by atoms with E-state index >= 15 is 0 Å². The Morgan fingerprint density at radius 2 is 2.24 bits per heavy atom. The highest BCUT2D eigenvalue weighted by atomic mass is 15.1. The highest BCUT2D eigenvalue weighted by molar-refractivity contribution is 5.33. The van der Waals surface area contributed by atoms with Crippen molar-refractivity contribution in [2.24, 2.45) is 0 Å². The van der Waals surface area contributed by atoms with E-state index in [9.17, 15) is 0 Å². The Hall–Kier alpha value is -2.48.